The predicted molar refractivity (Wildman–Crippen MR) is 68.5 cm³/mol. The zero-order valence-corrected chi connectivity index (χ0v) is 9.61. The Morgan fingerprint density at radius 3 is 2.35 bits per heavy atom. The molecule has 1 nitrogen and oxygen atoms in total. The maximum atomic E-state index is 13.6. The SMILES string of the molecule is BCc1ccc(C(=O)c2ccccc2)cc1F. The lowest BCUT2D eigenvalue weighted by Crippen LogP contribution is -2.02. The first-order valence-corrected chi connectivity index (χ1v) is 5.60. The van der Waals surface area contributed by atoms with Crippen LogP contribution in [-0.4, -0.2) is 13.6 Å². The maximum Gasteiger partial charge on any atom is 0.193 e. The van der Waals surface area contributed by atoms with Crippen LogP contribution in [0.25, 0.3) is 0 Å². The molecule has 0 atom stereocenters. The number of hydrogen-bond acceptors (Lipinski definition) is 1. The van der Waals surface area contributed by atoms with E-state index in [0.717, 1.165) is 0 Å². The van der Waals surface area contributed by atoms with Crippen molar-refractivity contribution in [2.45, 2.75) is 6.32 Å². The van der Waals surface area contributed by atoms with Gasteiger partial charge >= 0.3 is 0 Å². The van der Waals surface area contributed by atoms with Crippen LogP contribution in [0.2, 0.25) is 0 Å². The van der Waals surface area contributed by atoms with Gasteiger partial charge in [-0.2, -0.15) is 0 Å². The van der Waals surface area contributed by atoms with Gasteiger partial charge in [-0.1, -0.05) is 48.8 Å². The smallest absolute Gasteiger partial charge is 0.193 e. The van der Waals surface area contributed by atoms with Crippen molar-refractivity contribution in [2.24, 2.45) is 0 Å². The van der Waals surface area contributed by atoms with E-state index in [4.69, 9.17) is 0 Å². The molecule has 0 fully saturated rings. The molecule has 0 heterocycles. The van der Waals surface area contributed by atoms with Crippen LogP contribution in [0.3, 0.4) is 0 Å². The Hall–Kier alpha value is -1.90. The summed E-state index contributed by atoms with van der Waals surface area (Å²) in [6.07, 6.45) is 0.631. The first-order chi connectivity index (χ1) is 8.22. The molecule has 0 N–H and O–H groups in total. The quantitative estimate of drug-likeness (QED) is 0.579. The van der Waals surface area contributed by atoms with Gasteiger partial charge < -0.3 is 0 Å². The van der Waals surface area contributed by atoms with E-state index < -0.39 is 0 Å². The van der Waals surface area contributed by atoms with Gasteiger partial charge in [0, 0.05) is 11.1 Å². The first-order valence-electron chi connectivity index (χ1n) is 5.60. The molecule has 0 spiro atoms. The molecule has 0 unspecified atom stereocenters. The summed E-state index contributed by atoms with van der Waals surface area (Å²) in [5.74, 6) is -0.457. The Balaban J connectivity index is 2.35. The maximum absolute atomic E-state index is 13.6. The third-order valence-electron chi connectivity index (χ3n) is 2.73. The highest BCUT2D eigenvalue weighted by atomic mass is 19.1. The molecule has 2 rings (SSSR count). The molecule has 0 radical (unpaired) electrons. The van der Waals surface area contributed by atoms with Crippen molar-refractivity contribution in [2.75, 3.05) is 0 Å². The molecule has 0 saturated heterocycles. The minimum absolute atomic E-state index is 0.146. The lowest BCUT2D eigenvalue weighted by Gasteiger charge is -2.04. The number of ketones is 1. The molecule has 0 aliphatic rings. The van der Waals surface area contributed by atoms with Gasteiger partial charge in [-0.05, 0) is 11.6 Å². The highest BCUT2D eigenvalue weighted by molar-refractivity contribution is 6.09. The molecule has 0 aromatic heterocycles. The van der Waals surface area contributed by atoms with Gasteiger partial charge in [-0.3, -0.25) is 4.79 Å². The van der Waals surface area contributed by atoms with Gasteiger partial charge in [-0.15, -0.1) is 0 Å². The summed E-state index contributed by atoms with van der Waals surface area (Å²) in [5, 5.41) is 0. The molecule has 0 amide bonds. The van der Waals surface area contributed by atoms with Crippen molar-refractivity contribution in [1.29, 1.82) is 0 Å². The van der Waals surface area contributed by atoms with E-state index in [1.165, 1.54) is 6.07 Å². The fourth-order valence-electron chi connectivity index (χ4n) is 1.73. The van der Waals surface area contributed by atoms with Gasteiger partial charge in [0.15, 0.2) is 5.78 Å². The number of carbonyl (C=O) groups is 1. The molecule has 3 heteroatoms. The molecule has 0 saturated carbocycles. The molecular formula is C14H12BFO. The Labute approximate surface area is 101 Å². The Kier molecular flexibility index (Phi) is 3.38. The molecule has 0 aliphatic heterocycles. The second-order valence-electron chi connectivity index (χ2n) is 3.85. The zero-order valence-electron chi connectivity index (χ0n) is 9.61. The Bertz CT molecular complexity index is 537. The van der Waals surface area contributed by atoms with Crippen LogP contribution in [0, 0.1) is 5.82 Å². The third kappa shape index (κ3) is 2.44. The largest absolute Gasteiger partial charge is 0.289 e. The standard InChI is InChI=1S/C14H12BFO/c15-9-12-7-6-11(8-13(12)16)14(17)10-4-2-1-3-5-10/h1-8H,9,15H2. The second kappa shape index (κ2) is 4.96. The van der Waals surface area contributed by atoms with Crippen molar-refractivity contribution in [1.82, 2.24) is 0 Å². The molecule has 17 heavy (non-hydrogen) atoms. The lowest BCUT2D eigenvalue weighted by molar-refractivity contribution is 0.103. The summed E-state index contributed by atoms with van der Waals surface area (Å²) >= 11 is 0. The van der Waals surface area contributed by atoms with E-state index in [9.17, 15) is 9.18 Å². The van der Waals surface area contributed by atoms with E-state index in [2.05, 4.69) is 0 Å². The molecular weight excluding hydrogens is 214 g/mol. The minimum Gasteiger partial charge on any atom is -0.289 e. The fourth-order valence-corrected chi connectivity index (χ4v) is 1.73. The summed E-state index contributed by atoms with van der Waals surface area (Å²) in [4.78, 5) is 12.0. The molecule has 0 aliphatic carbocycles. The van der Waals surface area contributed by atoms with E-state index in [1.54, 1.807) is 36.4 Å². The molecule has 84 valence electrons. The monoisotopic (exact) mass is 226 g/mol. The van der Waals surface area contributed by atoms with Crippen molar-refractivity contribution >= 4 is 13.6 Å². The van der Waals surface area contributed by atoms with Gasteiger partial charge in [0.1, 0.15) is 13.7 Å². The van der Waals surface area contributed by atoms with Crippen molar-refractivity contribution in [3.8, 4) is 0 Å². The zero-order chi connectivity index (χ0) is 12.3. The Morgan fingerprint density at radius 2 is 1.76 bits per heavy atom. The molecule has 0 bridgehead atoms. The minimum atomic E-state index is -0.311. The van der Waals surface area contributed by atoms with Gasteiger partial charge in [0.25, 0.3) is 0 Å². The highest BCUT2D eigenvalue weighted by Gasteiger charge is 2.10. The van der Waals surface area contributed by atoms with Crippen LogP contribution in [0.15, 0.2) is 48.5 Å². The summed E-state index contributed by atoms with van der Waals surface area (Å²) in [7, 11) is 1.89. The van der Waals surface area contributed by atoms with Crippen molar-refractivity contribution in [3.05, 3.63) is 71.0 Å². The van der Waals surface area contributed by atoms with E-state index in [0.29, 0.717) is 23.0 Å². The van der Waals surface area contributed by atoms with Crippen LogP contribution in [0.1, 0.15) is 21.5 Å². The van der Waals surface area contributed by atoms with Crippen LogP contribution in [-0.2, 0) is 6.32 Å². The average Bonchev–Trinajstić information content (AvgIpc) is 2.39. The van der Waals surface area contributed by atoms with E-state index >= 15 is 0 Å². The summed E-state index contributed by atoms with van der Waals surface area (Å²) in [5.41, 5.74) is 1.61. The Morgan fingerprint density at radius 1 is 1.06 bits per heavy atom. The summed E-state index contributed by atoms with van der Waals surface area (Å²) in [6.45, 7) is 0. The lowest BCUT2D eigenvalue weighted by atomic mass is 9.94. The van der Waals surface area contributed by atoms with Crippen LogP contribution in [0.5, 0.6) is 0 Å². The average molecular weight is 226 g/mol. The number of carbonyl (C=O) groups excluding carboxylic acids is 1. The summed E-state index contributed by atoms with van der Waals surface area (Å²) in [6, 6.07) is 13.6. The van der Waals surface area contributed by atoms with Crippen molar-refractivity contribution < 1.29 is 9.18 Å². The normalized spacial score (nSPS) is 10.2. The third-order valence-corrected chi connectivity index (χ3v) is 2.73. The highest BCUT2D eigenvalue weighted by Crippen LogP contribution is 2.14. The second-order valence-corrected chi connectivity index (χ2v) is 3.85. The van der Waals surface area contributed by atoms with Gasteiger partial charge in [-0.25, -0.2) is 4.39 Å². The molecule has 2 aromatic carbocycles. The van der Waals surface area contributed by atoms with E-state index in [-0.39, 0.29) is 11.6 Å². The topological polar surface area (TPSA) is 17.1 Å². The first kappa shape index (κ1) is 11.6. The van der Waals surface area contributed by atoms with Gasteiger partial charge in [0.2, 0.25) is 0 Å². The number of hydrogen-bond donors (Lipinski definition) is 0. The van der Waals surface area contributed by atoms with Crippen LogP contribution in [0.4, 0.5) is 4.39 Å². The fraction of sp³-hybridized carbons (Fsp3) is 0.0714. The number of benzene rings is 2. The van der Waals surface area contributed by atoms with Crippen LogP contribution < -0.4 is 0 Å². The number of halogens is 1. The van der Waals surface area contributed by atoms with Gasteiger partial charge in [0.05, 0.1) is 0 Å². The van der Waals surface area contributed by atoms with Crippen molar-refractivity contribution in [3.63, 3.8) is 0 Å². The predicted octanol–water partition coefficient (Wildman–Crippen LogP) is 2.19. The number of rotatable bonds is 3. The van der Waals surface area contributed by atoms with Crippen LogP contribution >= 0.6 is 0 Å². The summed E-state index contributed by atoms with van der Waals surface area (Å²) < 4.78 is 13.6. The molecule has 2 aromatic rings. The van der Waals surface area contributed by atoms with E-state index in [1.807, 2.05) is 13.9 Å².